The minimum Gasteiger partial charge on any atom is -0.478 e. The lowest BCUT2D eigenvalue weighted by molar-refractivity contribution is -0.118. The third-order valence-corrected chi connectivity index (χ3v) is 3.14. The summed E-state index contributed by atoms with van der Waals surface area (Å²) < 4.78 is 5.18. The third kappa shape index (κ3) is 3.30. The van der Waals surface area contributed by atoms with Gasteiger partial charge in [0.2, 0.25) is 5.91 Å². The Morgan fingerprint density at radius 2 is 2.05 bits per heavy atom. The highest BCUT2D eigenvalue weighted by molar-refractivity contribution is 5.95. The molecular formula is C13H16N2O4. The largest absolute Gasteiger partial charge is 0.478 e. The summed E-state index contributed by atoms with van der Waals surface area (Å²) in [6, 6.07) is 5.79. The van der Waals surface area contributed by atoms with E-state index in [1.807, 2.05) is 0 Å². The summed E-state index contributed by atoms with van der Waals surface area (Å²) in [7, 11) is 1.62. The van der Waals surface area contributed by atoms with E-state index in [-0.39, 0.29) is 23.6 Å². The summed E-state index contributed by atoms with van der Waals surface area (Å²) in [5, 5.41) is 14.6. The SMILES string of the molecule is COC1CNC(C(=O)Nc2ccc(C(=O)O)cc2)C1. The van der Waals surface area contributed by atoms with Crippen LogP contribution in [0.3, 0.4) is 0 Å². The van der Waals surface area contributed by atoms with Gasteiger partial charge in [-0.15, -0.1) is 0 Å². The van der Waals surface area contributed by atoms with Gasteiger partial charge in [0.25, 0.3) is 0 Å². The fraction of sp³-hybridized carbons (Fsp3) is 0.385. The van der Waals surface area contributed by atoms with E-state index in [1.54, 1.807) is 19.2 Å². The van der Waals surface area contributed by atoms with E-state index in [2.05, 4.69) is 10.6 Å². The molecule has 1 aliphatic rings. The number of ether oxygens (including phenoxy) is 1. The van der Waals surface area contributed by atoms with Crippen LogP contribution in [-0.2, 0) is 9.53 Å². The molecule has 0 bridgehead atoms. The average Bonchev–Trinajstić information content (AvgIpc) is 2.88. The molecule has 6 nitrogen and oxygen atoms in total. The Morgan fingerprint density at radius 3 is 2.58 bits per heavy atom. The molecule has 102 valence electrons. The topological polar surface area (TPSA) is 87.7 Å². The Hall–Kier alpha value is -1.92. The second-order valence-electron chi connectivity index (χ2n) is 4.43. The molecular weight excluding hydrogens is 248 g/mol. The average molecular weight is 264 g/mol. The number of hydrogen-bond acceptors (Lipinski definition) is 4. The van der Waals surface area contributed by atoms with Crippen molar-refractivity contribution in [1.82, 2.24) is 5.32 Å². The monoisotopic (exact) mass is 264 g/mol. The molecule has 2 atom stereocenters. The smallest absolute Gasteiger partial charge is 0.335 e. The molecule has 1 fully saturated rings. The number of hydrogen-bond donors (Lipinski definition) is 3. The van der Waals surface area contributed by atoms with Crippen LogP contribution in [0.5, 0.6) is 0 Å². The van der Waals surface area contributed by atoms with Crippen molar-refractivity contribution in [1.29, 1.82) is 0 Å². The van der Waals surface area contributed by atoms with Crippen LogP contribution in [0.25, 0.3) is 0 Å². The highest BCUT2D eigenvalue weighted by Crippen LogP contribution is 2.14. The summed E-state index contributed by atoms with van der Waals surface area (Å²) >= 11 is 0. The zero-order valence-corrected chi connectivity index (χ0v) is 10.6. The molecule has 0 aromatic heterocycles. The fourth-order valence-electron chi connectivity index (χ4n) is 2.01. The molecule has 1 aromatic carbocycles. The molecule has 0 radical (unpaired) electrons. The van der Waals surface area contributed by atoms with Gasteiger partial charge in [-0.1, -0.05) is 0 Å². The molecule has 1 aromatic rings. The van der Waals surface area contributed by atoms with Gasteiger partial charge in [-0.3, -0.25) is 4.79 Å². The van der Waals surface area contributed by atoms with Crippen molar-refractivity contribution in [2.45, 2.75) is 18.6 Å². The molecule has 2 rings (SSSR count). The second-order valence-corrected chi connectivity index (χ2v) is 4.43. The van der Waals surface area contributed by atoms with Crippen LogP contribution in [-0.4, -0.2) is 42.8 Å². The number of carbonyl (C=O) groups excluding carboxylic acids is 1. The van der Waals surface area contributed by atoms with E-state index in [0.29, 0.717) is 18.7 Å². The first-order valence-electron chi connectivity index (χ1n) is 6.00. The van der Waals surface area contributed by atoms with E-state index in [4.69, 9.17) is 9.84 Å². The van der Waals surface area contributed by atoms with Gasteiger partial charge in [-0.2, -0.15) is 0 Å². The molecule has 1 heterocycles. The van der Waals surface area contributed by atoms with Gasteiger partial charge >= 0.3 is 5.97 Å². The normalized spacial score (nSPS) is 22.2. The summed E-state index contributed by atoms with van der Waals surface area (Å²) in [6.07, 6.45) is 0.695. The number of carbonyl (C=O) groups is 2. The minimum absolute atomic E-state index is 0.0603. The lowest BCUT2D eigenvalue weighted by Crippen LogP contribution is -2.35. The zero-order valence-electron chi connectivity index (χ0n) is 10.6. The maximum atomic E-state index is 11.9. The molecule has 0 aliphatic carbocycles. The van der Waals surface area contributed by atoms with Gasteiger partial charge in [0.1, 0.15) is 0 Å². The number of carboxylic acids is 1. The summed E-state index contributed by atoms with van der Waals surface area (Å²) in [4.78, 5) is 22.7. The number of methoxy groups -OCH3 is 1. The number of benzene rings is 1. The van der Waals surface area contributed by atoms with E-state index >= 15 is 0 Å². The second kappa shape index (κ2) is 5.81. The van der Waals surface area contributed by atoms with Crippen molar-refractivity contribution in [3.05, 3.63) is 29.8 Å². The highest BCUT2D eigenvalue weighted by atomic mass is 16.5. The molecule has 6 heteroatoms. The van der Waals surface area contributed by atoms with Gasteiger partial charge in [0.15, 0.2) is 0 Å². The first kappa shape index (κ1) is 13.5. The first-order chi connectivity index (χ1) is 9.10. The van der Waals surface area contributed by atoms with Crippen LogP contribution < -0.4 is 10.6 Å². The highest BCUT2D eigenvalue weighted by Gasteiger charge is 2.29. The van der Waals surface area contributed by atoms with E-state index in [9.17, 15) is 9.59 Å². The molecule has 0 saturated carbocycles. The van der Waals surface area contributed by atoms with Crippen LogP contribution >= 0.6 is 0 Å². The molecule has 0 spiro atoms. The van der Waals surface area contributed by atoms with Crippen molar-refractivity contribution < 1.29 is 19.4 Å². The third-order valence-electron chi connectivity index (χ3n) is 3.14. The Bertz CT molecular complexity index is 472. The van der Waals surface area contributed by atoms with Crippen molar-refractivity contribution in [3.63, 3.8) is 0 Å². The van der Waals surface area contributed by atoms with Crippen LogP contribution in [0.15, 0.2) is 24.3 Å². The minimum atomic E-state index is -0.988. The van der Waals surface area contributed by atoms with Crippen LogP contribution in [0.4, 0.5) is 5.69 Å². The van der Waals surface area contributed by atoms with Crippen LogP contribution in [0.1, 0.15) is 16.8 Å². The maximum absolute atomic E-state index is 11.9. The van der Waals surface area contributed by atoms with Gasteiger partial charge in [-0.05, 0) is 30.7 Å². The zero-order chi connectivity index (χ0) is 13.8. The van der Waals surface area contributed by atoms with E-state index in [1.165, 1.54) is 12.1 Å². The number of rotatable bonds is 4. The summed E-state index contributed by atoms with van der Waals surface area (Å²) in [6.45, 7) is 0.659. The first-order valence-corrected chi connectivity index (χ1v) is 6.00. The molecule has 3 N–H and O–H groups in total. The Kier molecular flexibility index (Phi) is 4.13. The Balaban J connectivity index is 1.94. The summed E-state index contributed by atoms with van der Waals surface area (Å²) in [5.74, 6) is -1.12. The van der Waals surface area contributed by atoms with Crippen LogP contribution in [0, 0.1) is 0 Å². The Labute approximate surface area is 110 Å². The van der Waals surface area contributed by atoms with Crippen molar-refractivity contribution >= 4 is 17.6 Å². The molecule has 2 unspecified atom stereocenters. The number of amides is 1. The number of carboxylic acid groups (broad SMARTS) is 1. The van der Waals surface area contributed by atoms with Crippen molar-refractivity contribution in [2.24, 2.45) is 0 Å². The molecule has 1 saturated heterocycles. The number of nitrogens with one attached hydrogen (secondary N) is 2. The van der Waals surface area contributed by atoms with E-state index in [0.717, 1.165) is 0 Å². The lowest BCUT2D eigenvalue weighted by Gasteiger charge is -2.11. The molecule has 1 amide bonds. The quantitative estimate of drug-likeness (QED) is 0.745. The predicted octanol–water partition coefficient (Wildman–Crippen LogP) is 0.700. The van der Waals surface area contributed by atoms with Crippen molar-refractivity contribution in [3.8, 4) is 0 Å². The molecule has 19 heavy (non-hydrogen) atoms. The predicted molar refractivity (Wildman–Crippen MR) is 69.2 cm³/mol. The number of aromatic carboxylic acids is 1. The van der Waals surface area contributed by atoms with E-state index < -0.39 is 5.97 Å². The van der Waals surface area contributed by atoms with Crippen molar-refractivity contribution in [2.75, 3.05) is 19.0 Å². The van der Waals surface area contributed by atoms with Gasteiger partial charge in [0.05, 0.1) is 17.7 Å². The number of anilines is 1. The standard InChI is InChI=1S/C13H16N2O4/c1-19-10-6-11(14-7-10)12(16)15-9-4-2-8(3-5-9)13(17)18/h2-5,10-11,14H,6-7H2,1H3,(H,15,16)(H,17,18). The van der Waals surface area contributed by atoms with Gasteiger partial charge in [-0.25, -0.2) is 4.79 Å². The van der Waals surface area contributed by atoms with Gasteiger partial charge in [0, 0.05) is 19.3 Å². The van der Waals surface area contributed by atoms with Gasteiger partial charge < -0.3 is 20.5 Å². The Morgan fingerprint density at radius 1 is 1.37 bits per heavy atom. The maximum Gasteiger partial charge on any atom is 0.335 e. The lowest BCUT2D eigenvalue weighted by atomic mass is 10.1. The summed E-state index contributed by atoms with van der Waals surface area (Å²) in [5.41, 5.74) is 0.772. The van der Waals surface area contributed by atoms with Crippen LogP contribution in [0.2, 0.25) is 0 Å². The fourth-order valence-corrected chi connectivity index (χ4v) is 2.01. The molecule has 1 aliphatic heterocycles.